The van der Waals surface area contributed by atoms with Crippen LogP contribution in [0.5, 0.6) is 0 Å². The second-order valence-electron chi connectivity index (χ2n) is 4.77. The van der Waals surface area contributed by atoms with Crippen LogP contribution < -0.4 is 0 Å². The Morgan fingerprint density at radius 3 is 2.72 bits per heavy atom. The fraction of sp³-hybridized carbons (Fsp3) is 0.538. The standard InChI is InChI=1S/C13H15ClN2OS/c1-16(8-10-4-5-11(14)18-10)12(17)13(9-15)6-2-3-7-13/h4-5H,2-3,6-8H2,1H3. The number of nitrogens with zero attached hydrogens (tertiary/aromatic N) is 2. The first-order chi connectivity index (χ1) is 8.57. The summed E-state index contributed by atoms with van der Waals surface area (Å²) >= 11 is 7.34. The monoisotopic (exact) mass is 282 g/mol. The van der Waals surface area contributed by atoms with Gasteiger partial charge in [-0.1, -0.05) is 24.4 Å². The molecule has 18 heavy (non-hydrogen) atoms. The Labute approximate surface area is 116 Å². The van der Waals surface area contributed by atoms with E-state index in [2.05, 4.69) is 6.07 Å². The van der Waals surface area contributed by atoms with Gasteiger partial charge in [0.2, 0.25) is 5.91 Å². The molecule has 1 aromatic rings. The van der Waals surface area contributed by atoms with E-state index in [1.165, 1.54) is 11.3 Å². The molecule has 3 nitrogen and oxygen atoms in total. The van der Waals surface area contributed by atoms with Gasteiger partial charge in [-0.05, 0) is 25.0 Å². The van der Waals surface area contributed by atoms with Gasteiger partial charge in [0, 0.05) is 11.9 Å². The number of rotatable bonds is 3. The first-order valence-corrected chi connectivity index (χ1v) is 7.18. The molecular formula is C13H15ClN2OS. The molecule has 1 fully saturated rings. The van der Waals surface area contributed by atoms with Crippen molar-refractivity contribution in [1.29, 1.82) is 5.26 Å². The van der Waals surface area contributed by atoms with Crippen molar-refractivity contribution in [3.8, 4) is 6.07 Å². The van der Waals surface area contributed by atoms with Crippen molar-refractivity contribution in [2.75, 3.05) is 7.05 Å². The smallest absolute Gasteiger partial charge is 0.243 e. The van der Waals surface area contributed by atoms with Crippen LogP contribution in [0.4, 0.5) is 0 Å². The van der Waals surface area contributed by atoms with E-state index < -0.39 is 5.41 Å². The SMILES string of the molecule is CN(Cc1ccc(Cl)s1)C(=O)C1(C#N)CCCC1. The molecular weight excluding hydrogens is 268 g/mol. The van der Waals surface area contributed by atoms with Gasteiger partial charge in [-0.25, -0.2) is 0 Å². The molecule has 1 heterocycles. The van der Waals surface area contributed by atoms with Crippen LogP contribution in [0, 0.1) is 16.7 Å². The van der Waals surface area contributed by atoms with Crippen molar-refractivity contribution < 1.29 is 4.79 Å². The van der Waals surface area contributed by atoms with Crippen molar-refractivity contribution in [2.24, 2.45) is 5.41 Å². The number of thiophene rings is 1. The van der Waals surface area contributed by atoms with Crippen molar-refractivity contribution >= 4 is 28.8 Å². The van der Waals surface area contributed by atoms with E-state index in [1.54, 1.807) is 11.9 Å². The lowest BCUT2D eigenvalue weighted by Crippen LogP contribution is -2.39. The van der Waals surface area contributed by atoms with Crippen molar-refractivity contribution in [2.45, 2.75) is 32.2 Å². The molecule has 0 N–H and O–H groups in total. The Morgan fingerprint density at radius 2 is 2.22 bits per heavy atom. The number of nitriles is 1. The first-order valence-electron chi connectivity index (χ1n) is 5.98. The number of amides is 1. The zero-order valence-electron chi connectivity index (χ0n) is 10.3. The quantitative estimate of drug-likeness (QED) is 0.852. The van der Waals surface area contributed by atoms with Crippen LogP contribution in [-0.4, -0.2) is 17.9 Å². The molecule has 96 valence electrons. The summed E-state index contributed by atoms with van der Waals surface area (Å²) < 4.78 is 0.724. The minimum absolute atomic E-state index is 0.0491. The molecule has 0 aromatic carbocycles. The second-order valence-corrected chi connectivity index (χ2v) is 6.57. The van der Waals surface area contributed by atoms with Gasteiger partial charge in [0.15, 0.2) is 0 Å². The van der Waals surface area contributed by atoms with Gasteiger partial charge in [0.1, 0.15) is 5.41 Å². The summed E-state index contributed by atoms with van der Waals surface area (Å²) in [4.78, 5) is 15.1. The van der Waals surface area contributed by atoms with Crippen LogP contribution in [0.3, 0.4) is 0 Å². The molecule has 0 atom stereocenters. The molecule has 1 amide bonds. The number of hydrogen-bond donors (Lipinski definition) is 0. The number of carbonyl (C=O) groups excluding carboxylic acids is 1. The van der Waals surface area contributed by atoms with Crippen LogP contribution in [0.25, 0.3) is 0 Å². The summed E-state index contributed by atoms with van der Waals surface area (Å²) in [7, 11) is 1.76. The maximum atomic E-state index is 12.4. The summed E-state index contributed by atoms with van der Waals surface area (Å²) in [6, 6.07) is 5.99. The lowest BCUT2D eigenvalue weighted by molar-refractivity contribution is -0.138. The van der Waals surface area contributed by atoms with Gasteiger partial charge in [-0.2, -0.15) is 5.26 Å². The number of hydrogen-bond acceptors (Lipinski definition) is 3. The van der Waals surface area contributed by atoms with Gasteiger partial charge in [-0.3, -0.25) is 4.79 Å². The highest BCUT2D eigenvalue weighted by atomic mass is 35.5. The normalized spacial score (nSPS) is 17.4. The molecule has 0 spiro atoms. The zero-order valence-corrected chi connectivity index (χ0v) is 11.9. The third-order valence-electron chi connectivity index (χ3n) is 3.45. The van der Waals surface area contributed by atoms with E-state index in [-0.39, 0.29) is 5.91 Å². The Hall–Kier alpha value is -1.05. The average Bonchev–Trinajstić information content (AvgIpc) is 2.98. The molecule has 0 bridgehead atoms. The van der Waals surface area contributed by atoms with Crippen LogP contribution in [0.1, 0.15) is 30.6 Å². The molecule has 0 aliphatic heterocycles. The summed E-state index contributed by atoms with van der Waals surface area (Å²) in [6.07, 6.45) is 3.33. The highest BCUT2D eigenvalue weighted by Crippen LogP contribution is 2.39. The van der Waals surface area contributed by atoms with Gasteiger partial charge in [-0.15, -0.1) is 11.3 Å². The fourth-order valence-electron chi connectivity index (χ4n) is 2.46. The molecule has 1 aromatic heterocycles. The Balaban J connectivity index is 2.07. The summed E-state index contributed by atoms with van der Waals surface area (Å²) in [5.41, 5.74) is -0.782. The van der Waals surface area contributed by atoms with E-state index in [0.29, 0.717) is 19.4 Å². The number of carbonyl (C=O) groups is 1. The van der Waals surface area contributed by atoms with E-state index in [4.69, 9.17) is 11.6 Å². The van der Waals surface area contributed by atoms with Gasteiger partial charge < -0.3 is 4.90 Å². The average molecular weight is 283 g/mol. The third-order valence-corrected chi connectivity index (χ3v) is 4.66. The molecule has 1 aliphatic carbocycles. The van der Waals surface area contributed by atoms with Crippen LogP contribution >= 0.6 is 22.9 Å². The van der Waals surface area contributed by atoms with Crippen LogP contribution in [0.2, 0.25) is 4.34 Å². The Kier molecular flexibility index (Phi) is 3.94. The highest BCUT2D eigenvalue weighted by molar-refractivity contribution is 7.16. The van der Waals surface area contributed by atoms with Gasteiger partial charge in [0.05, 0.1) is 17.0 Å². The minimum Gasteiger partial charge on any atom is -0.339 e. The van der Waals surface area contributed by atoms with Gasteiger partial charge in [0.25, 0.3) is 0 Å². The van der Waals surface area contributed by atoms with E-state index in [1.807, 2.05) is 12.1 Å². The Morgan fingerprint density at radius 1 is 1.56 bits per heavy atom. The van der Waals surface area contributed by atoms with E-state index in [9.17, 15) is 10.1 Å². The third kappa shape index (κ3) is 2.52. The second kappa shape index (κ2) is 5.29. The van der Waals surface area contributed by atoms with Crippen molar-refractivity contribution in [1.82, 2.24) is 4.90 Å². The molecule has 2 rings (SSSR count). The molecule has 0 unspecified atom stereocenters. The Bertz CT molecular complexity index is 485. The highest BCUT2D eigenvalue weighted by Gasteiger charge is 2.43. The van der Waals surface area contributed by atoms with Crippen LogP contribution in [0.15, 0.2) is 12.1 Å². The van der Waals surface area contributed by atoms with Crippen molar-refractivity contribution in [3.63, 3.8) is 0 Å². The predicted octanol–water partition coefficient (Wildman–Crippen LogP) is 3.44. The number of halogens is 1. The topological polar surface area (TPSA) is 44.1 Å². The zero-order chi connectivity index (χ0) is 13.2. The lowest BCUT2D eigenvalue weighted by atomic mass is 9.86. The lowest BCUT2D eigenvalue weighted by Gasteiger charge is -2.26. The minimum atomic E-state index is -0.782. The maximum absolute atomic E-state index is 12.4. The molecule has 1 saturated carbocycles. The van der Waals surface area contributed by atoms with Crippen molar-refractivity contribution in [3.05, 3.63) is 21.3 Å². The van der Waals surface area contributed by atoms with E-state index >= 15 is 0 Å². The summed E-state index contributed by atoms with van der Waals surface area (Å²) in [6.45, 7) is 0.527. The van der Waals surface area contributed by atoms with Gasteiger partial charge >= 0.3 is 0 Å². The van der Waals surface area contributed by atoms with Crippen LogP contribution in [-0.2, 0) is 11.3 Å². The maximum Gasteiger partial charge on any atom is 0.243 e. The molecule has 5 heteroatoms. The predicted molar refractivity (Wildman–Crippen MR) is 72.3 cm³/mol. The molecule has 0 radical (unpaired) electrons. The largest absolute Gasteiger partial charge is 0.339 e. The van der Waals surface area contributed by atoms with E-state index in [0.717, 1.165) is 22.1 Å². The molecule has 1 aliphatic rings. The summed E-state index contributed by atoms with van der Waals surface area (Å²) in [5, 5.41) is 9.29. The first kappa shape index (κ1) is 13.4. The fourth-order valence-corrected chi connectivity index (χ4v) is 3.60. The molecule has 0 saturated heterocycles. The summed E-state index contributed by atoms with van der Waals surface area (Å²) in [5.74, 6) is -0.0491.